The summed E-state index contributed by atoms with van der Waals surface area (Å²) >= 11 is 0. The highest BCUT2D eigenvalue weighted by Gasteiger charge is 2.20. The third kappa shape index (κ3) is 2.88. The molecule has 1 heterocycles. The lowest BCUT2D eigenvalue weighted by Crippen LogP contribution is -2.11. The first-order valence-corrected chi connectivity index (χ1v) is 10.0. The molecule has 0 bridgehead atoms. The molecule has 0 spiro atoms. The van der Waals surface area contributed by atoms with E-state index in [1.165, 1.54) is 21.9 Å². The molecular weight excluding hydrogens is 346 g/mol. The highest BCUT2D eigenvalue weighted by molar-refractivity contribution is 6.11. The van der Waals surface area contributed by atoms with Crippen LogP contribution in [0.2, 0.25) is 0 Å². The van der Waals surface area contributed by atoms with Crippen molar-refractivity contribution in [1.82, 2.24) is 4.57 Å². The van der Waals surface area contributed by atoms with Crippen LogP contribution < -0.4 is 4.74 Å². The Balaban J connectivity index is 1.97. The number of fused-ring (bicyclic) bond motifs is 3. The fraction of sp³-hybridized carbons (Fsp3) is 0.240. The minimum Gasteiger partial charge on any atom is -0.423 e. The van der Waals surface area contributed by atoms with E-state index in [-0.39, 0.29) is 5.97 Å². The lowest BCUT2D eigenvalue weighted by Gasteiger charge is -2.15. The van der Waals surface area contributed by atoms with E-state index in [2.05, 4.69) is 55.7 Å². The molecule has 3 heteroatoms. The molecular formula is C25H25NO2. The smallest absolute Gasteiger partial charge is 0.343 e. The van der Waals surface area contributed by atoms with Crippen molar-refractivity contribution in [2.45, 2.75) is 40.2 Å². The van der Waals surface area contributed by atoms with Gasteiger partial charge in [0.15, 0.2) is 0 Å². The van der Waals surface area contributed by atoms with E-state index in [0.717, 1.165) is 30.5 Å². The highest BCUT2D eigenvalue weighted by Crippen LogP contribution is 2.38. The van der Waals surface area contributed by atoms with Crippen molar-refractivity contribution in [2.24, 2.45) is 0 Å². The molecule has 0 aliphatic heterocycles. The van der Waals surface area contributed by atoms with Gasteiger partial charge in [-0.3, -0.25) is 0 Å². The number of hydrogen-bond acceptors (Lipinski definition) is 2. The number of nitrogens with zero attached hydrogens (tertiary/aromatic N) is 1. The Bertz CT molecular complexity index is 1160. The molecule has 28 heavy (non-hydrogen) atoms. The van der Waals surface area contributed by atoms with E-state index in [1.807, 2.05) is 18.2 Å². The number of para-hydroxylation sites is 1. The van der Waals surface area contributed by atoms with Crippen LogP contribution in [0, 0.1) is 0 Å². The van der Waals surface area contributed by atoms with Gasteiger partial charge in [-0.2, -0.15) is 0 Å². The molecule has 0 saturated heterocycles. The maximum absolute atomic E-state index is 12.7. The number of benzene rings is 3. The molecule has 3 aromatic carbocycles. The molecule has 0 saturated carbocycles. The van der Waals surface area contributed by atoms with Gasteiger partial charge in [-0.1, -0.05) is 50.2 Å². The molecule has 0 atom stereocenters. The summed E-state index contributed by atoms with van der Waals surface area (Å²) in [4.78, 5) is 12.7. The van der Waals surface area contributed by atoms with Crippen molar-refractivity contribution in [3.05, 3.63) is 77.4 Å². The van der Waals surface area contributed by atoms with Crippen LogP contribution in [-0.4, -0.2) is 10.5 Å². The summed E-state index contributed by atoms with van der Waals surface area (Å²) in [7, 11) is 0. The summed E-state index contributed by atoms with van der Waals surface area (Å²) in [5.74, 6) is 0.370. The van der Waals surface area contributed by atoms with Crippen molar-refractivity contribution in [1.29, 1.82) is 0 Å². The predicted octanol–water partition coefficient (Wildman–Crippen LogP) is 6.16. The van der Waals surface area contributed by atoms with Crippen LogP contribution in [0.3, 0.4) is 0 Å². The molecule has 0 N–H and O–H groups in total. The molecule has 0 aliphatic rings. The summed E-state index contributed by atoms with van der Waals surface area (Å²) in [6.07, 6.45) is 1.72. The zero-order chi connectivity index (χ0) is 19.7. The van der Waals surface area contributed by atoms with Gasteiger partial charge in [0, 0.05) is 28.9 Å². The second-order valence-corrected chi connectivity index (χ2v) is 6.95. The summed E-state index contributed by atoms with van der Waals surface area (Å²) in [5.41, 5.74) is 5.33. The van der Waals surface area contributed by atoms with Gasteiger partial charge in [-0.05, 0) is 49.1 Å². The molecule has 4 aromatic rings. The van der Waals surface area contributed by atoms with Crippen molar-refractivity contribution in [3.63, 3.8) is 0 Å². The van der Waals surface area contributed by atoms with E-state index in [0.29, 0.717) is 11.3 Å². The monoisotopic (exact) mass is 371 g/mol. The fourth-order valence-electron chi connectivity index (χ4n) is 4.24. The van der Waals surface area contributed by atoms with E-state index in [9.17, 15) is 4.79 Å². The molecule has 1 aromatic heterocycles. The molecule has 4 rings (SSSR count). The first-order chi connectivity index (χ1) is 13.7. The van der Waals surface area contributed by atoms with Gasteiger partial charge in [-0.15, -0.1) is 0 Å². The maximum Gasteiger partial charge on any atom is 0.343 e. The minimum absolute atomic E-state index is 0.309. The first-order valence-electron chi connectivity index (χ1n) is 10.0. The highest BCUT2D eigenvalue weighted by atomic mass is 16.5. The Kier molecular flexibility index (Phi) is 4.91. The van der Waals surface area contributed by atoms with Gasteiger partial charge >= 0.3 is 5.97 Å². The average Bonchev–Trinajstić information content (AvgIpc) is 3.06. The van der Waals surface area contributed by atoms with Gasteiger partial charge in [-0.25, -0.2) is 4.79 Å². The second kappa shape index (κ2) is 7.51. The molecule has 0 fully saturated rings. The second-order valence-electron chi connectivity index (χ2n) is 6.95. The molecule has 142 valence electrons. The zero-order valence-corrected chi connectivity index (χ0v) is 16.7. The number of carbonyl (C=O) groups is 1. The number of aromatic nitrogens is 1. The maximum atomic E-state index is 12.7. The van der Waals surface area contributed by atoms with Crippen LogP contribution in [0.4, 0.5) is 0 Å². The summed E-state index contributed by atoms with van der Waals surface area (Å²) in [6, 6.07) is 19.8. The van der Waals surface area contributed by atoms with Crippen LogP contribution >= 0.6 is 0 Å². The van der Waals surface area contributed by atoms with Gasteiger partial charge in [0.2, 0.25) is 0 Å². The van der Waals surface area contributed by atoms with Crippen molar-refractivity contribution >= 4 is 27.8 Å². The quantitative estimate of drug-likeness (QED) is 0.311. The summed E-state index contributed by atoms with van der Waals surface area (Å²) < 4.78 is 8.22. The standard InChI is InChI=1S/C25H25NO2/c1-4-18-19(5-2)24-20-14-10-11-15-21(20)26(6-3)22(24)16-23(18)28-25(27)17-12-8-7-9-13-17/h7-16H,4-6H2,1-3H3. The SMILES string of the molecule is CCc1c(OC(=O)c2ccccc2)cc2c(c1CC)c1ccccc1n2CC. The lowest BCUT2D eigenvalue weighted by molar-refractivity contribution is 0.0733. The largest absolute Gasteiger partial charge is 0.423 e. The summed E-state index contributed by atoms with van der Waals surface area (Å²) in [6.45, 7) is 7.32. The van der Waals surface area contributed by atoms with Crippen molar-refractivity contribution in [3.8, 4) is 5.75 Å². The third-order valence-electron chi connectivity index (χ3n) is 5.48. The van der Waals surface area contributed by atoms with Gasteiger partial charge in [0.05, 0.1) is 11.1 Å². The Labute approximate surface area is 165 Å². The van der Waals surface area contributed by atoms with Crippen molar-refractivity contribution < 1.29 is 9.53 Å². The van der Waals surface area contributed by atoms with Crippen LogP contribution in [0.25, 0.3) is 21.8 Å². The Hall–Kier alpha value is -3.07. The summed E-state index contributed by atoms with van der Waals surface area (Å²) in [5, 5.41) is 2.56. The number of ether oxygens (including phenoxy) is 1. The Morgan fingerprint density at radius 3 is 2.21 bits per heavy atom. The average molecular weight is 371 g/mol. The Morgan fingerprint density at radius 1 is 0.857 bits per heavy atom. The first kappa shape index (κ1) is 18.3. The van der Waals surface area contributed by atoms with E-state index < -0.39 is 0 Å². The van der Waals surface area contributed by atoms with Crippen molar-refractivity contribution in [2.75, 3.05) is 0 Å². The van der Waals surface area contributed by atoms with E-state index in [1.54, 1.807) is 12.1 Å². The fourth-order valence-corrected chi connectivity index (χ4v) is 4.24. The lowest BCUT2D eigenvalue weighted by atomic mass is 9.96. The van der Waals surface area contributed by atoms with Gasteiger partial charge < -0.3 is 9.30 Å². The number of hydrogen-bond donors (Lipinski definition) is 0. The molecule has 3 nitrogen and oxygen atoms in total. The number of rotatable bonds is 5. The topological polar surface area (TPSA) is 31.2 Å². The third-order valence-corrected chi connectivity index (χ3v) is 5.48. The molecule has 0 unspecified atom stereocenters. The van der Waals surface area contributed by atoms with Gasteiger partial charge in [0.25, 0.3) is 0 Å². The zero-order valence-electron chi connectivity index (χ0n) is 16.7. The van der Waals surface area contributed by atoms with Gasteiger partial charge in [0.1, 0.15) is 5.75 Å². The molecule has 0 amide bonds. The van der Waals surface area contributed by atoms with Crippen LogP contribution in [-0.2, 0) is 19.4 Å². The van der Waals surface area contributed by atoms with E-state index in [4.69, 9.17) is 4.74 Å². The number of aryl methyl sites for hydroxylation is 2. The Morgan fingerprint density at radius 2 is 1.54 bits per heavy atom. The van der Waals surface area contributed by atoms with E-state index >= 15 is 0 Å². The minimum atomic E-state index is -0.309. The normalized spacial score (nSPS) is 11.2. The van der Waals surface area contributed by atoms with Crippen LogP contribution in [0.5, 0.6) is 5.75 Å². The predicted molar refractivity (Wildman–Crippen MR) is 115 cm³/mol. The number of carbonyl (C=O) groups excluding carboxylic acids is 1. The number of esters is 1. The molecule has 0 radical (unpaired) electrons. The van der Waals surface area contributed by atoms with Crippen LogP contribution in [0.1, 0.15) is 42.3 Å². The molecule has 0 aliphatic carbocycles. The van der Waals surface area contributed by atoms with Crippen LogP contribution in [0.15, 0.2) is 60.7 Å².